The Labute approximate surface area is 78.4 Å². The summed E-state index contributed by atoms with van der Waals surface area (Å²) in [6.07, 6.45) is 0.818. The van der Waals surface area contributed by atoms with E-state index in [9.17, 15) is 9.00 Å². The van der Waals surface area contributed by atoms with Crippen molar-refractivity contribution in [3.8, 4) is 0 Å². The van der Waals surface area contributed by atoms with Gasteiger partial charge in [0.2, 0.25) is 17.7 Å². The minimum absolute atomic E-state index is 0.517. The lowest BCUT2D eigenvalue weighted by molar-refractivity contribution is -0.117. The van der Waals surface area contributed by atoms with Crippen molar-refractivity contribution in [3.63, 3.8) is 0 Å². The fraction of sp³-hybridized carbons (Fsp3) is 0.571. The van der Waals surface area contributed by atoms with E-state index >= 15 is 0 Å². The molecule has 0 aliphatic carbocycles. The molecule has 5 nitrogen and oxygen atoms in total. The lowest BCUT2D eigenvalue weighted by atomic mass is 10.2. The highest BCUT2D eigenvalue weighted by Gasteiger charge is 2.31. The molecule has 2 aliphatic rings. The predicted molar refractivity (Wildman–Crippen MR) is 47.0 cm³/mol. The molecule has 0 saturated heterocycles. The van der Waals surface area contributed by atoms with Gasteiger partial charge in [-0.05, 0) is 11.1 Å². The standard InChI is InChI=1S/C7H10N2O3S/c10-5-8-1-6-3-9(13(11)12)4-7(6)2-8/h5H,1-4H2,(H,11,12). The molecule has 1 unspecified atom stereocenters. The van der Waals surface area contributed by atoms with E-state index in [1.54, 1.807) is 4.90 Å². The first-order chi connectivity index (χ1) is 6.20. The van der Waals surface area contributed by atoms with Crippen molar-refractivity contribution in [1.82, 2.24) is 9.21 Å². The van der Waals surface area contributed by atoms with Crippen LogP contribution < -0.4 is 0 Å². The molecule has 72 valence electrons. The minimum Gasteiger partial charge on any atom is -0.337 e. The van der Waals surface area contributed by atoms with Crippen LogP contribution in [-0.2, 0) is 16.1 Å². The largest absolute Gasteiger partial charge is 0.337 e. The summed E-state index contributed by atoms with van der Waals surface area (Å²) in [5, 5.41) is 0. The van der Waals surface area contributed by atoms with Crippen LogP contribution >= 0.6 is 0 Å². The monoisotopic (exact) mass is 202 g/mol. The second-order valence-electron chi connectivity index (χ2n) is 3.25. The molecule has 2 aliphatic heterocycles. The van der Waals surface area contributed by atoms with Crippen molar-refractivity contribution in [3.05, 3.63) is 11.1 Å². The van der Waals surface area contributed by atoms with E-state index in [0.717, 1.165) is 17.6 Å². The maximum absolute atomic E-state index is 10.7. The third-order valence-corrected chi connectivity index (χ3v) is 3.09. The molecular formula is C7H10N2O3S. The van der Waals surface area contributed by atoms with Gasteiger partial charge in [-0.25, -0.2) is 4.21 Å². The van der Waals surface area contributed by atoms with Crippen LogP contribution in [0, 0.1) is 0 Å². The molecule has 0 aromatic heterocycles. The maximum Gasteiger partial charge on any atom is 0.235 e. The van der Waals surface area contributed by atoms with Gasteiger partial charge in [0, 0.05) is 26.2 Å². The zero-order valence-electron chi connectivity index (χ0n) is 6.97. The number of amides is 1. The quantitative estimate of drug-likeness (QED) is 0.362. The second-order valence-corrected chi connectivity index (χ2v) is 4.22. The van der Waals surface area contributed by atoms with Crippen LogP contribution in [0.5, 0.6) is 0 Å². The van der Waals surface area contributed by atoms with E-state index in [0.29, 0.717) is 26.2 Å². The third-order valence-electron chi connectivity index (χ3n) is 2.39. The summed E-state index contributed by atoms with van der Waals surface area (Å²) in [5.41, 5.74) is 2.24. The average Bonchev–Trinajstić information content (AvgIpc) is 2.58. The van der Waals surface area contributed by atoms with Gasteiger partial charge in [0.15, 0.2) is 0 Å². The number of nitrogens with zero attached hydrogens (tertiary/aromatic N) is 2. The Bertz CT molecular complexity index is 284. The van der Waals surface area contributed by atoms with Gasteiger partial charge in [0.25, 0.3) is 0 Å². The van der Waals surface area contributed by atoms with Crippen LogP contribution in [0.3, 0.4) is 0 Å². The Morgan fingerprint density at radius 2 is 1.77 bits per heavy atom. The molecule has 0 aromatic carbocycles. The first kappa shape index (κ1) is 8.86. The van der Waals surface area contributed by atoms with Crippen LogP contribution in [0.25, 0.3) is 0 Å². The van der Waals surface area contributed by atoms with Gasteiger partial charge >= 0.3 is 0 Å². The average molecular weight is 202 g/mol. The normalized spacial score (nSPS) is 25.2. The van der Waals surface area contributed by atoms with Crippen LogP contribution in [0.15, 0.2) is 11.1 Å². The summed E-state index contributed by atoms with van der Waals surface area (Å²) in [6.45, 7) is 2.27. The molecular weight excluding hydrogens is 192 g/mol. The zero-order valence-corrected chi connectivity index (χ0v) is 7.79. The summed E-state index contributed by atoms with van der Waals surface area (Å²) >= 11 is -1.88. The van der Waals surface area contributed by atoms with Crippen molar-refractivity contribution in [1.29, 1.82) is 0 Å². The van der Waals surface area contributed by atoms with Gasteiger partial charge in [-0.1, -0.05) is 0 Å². The van der Waals surface area contributed by atoms with Crippen LogP contribution in [0.2, 0.25) is 0 Å². The van der Waals surface area contributed by atoms with Gasteiger partial charge in [-0.3, -0.25) is 9.35 Å². The number of carbonyl (C=O) groups is 1. The van der Waals surface area contributed by atoms with Crippen LogP contribution in [0.4, 0.5) is 0 Å². The van der Waals surface area contributed by atoms with Gasteiger partial charge in [0.1, 0.15) is 0 Å². The molecule has 0 radical (unpaired) electrons. The summed E-state index contributed by atoms with van der Waals surface area (Å²) in [5.74, 6) is 0. The smallest absolute Gasteiger partial charge is 0.235 e. The Morgan fingerprint density at radius 3 is 2.15 bits per heavy atom. The molecule has 2 rings (SSSR count). The molecule has 1 atom stereocenters. The summed E-state index contributed by atoms with van der Waals surface area (Å²) in [4.78, 5) is 12.1. The predicted octanol–water partition coefficient (Wildman–Crippen LogP) is -0.793. The van der Waals surface area contributed by atoms with E-state index in [-0.39, 0.29) is 0 Å². The van der Waals surface area contributed by atoms with E-state index < -0.39 is 11.3 Å². The van der Waals surface area contributed by atoms with E-state index in [4.69, 9.17) is 4.55 Å². The fourth-order valence-electron chi connectivity index (χ4n) is 1.76. The van der Waals surface area contributed by atoms with Crippen molar-refractivity contribution < 1.29 is 13.6 Å². The van der Waals surface area contributed by atoms with Crippen molar-refractivity contribution in [2.45, 2.75) is 0 Å². The molecule has 1 N–H and O–H groups in total. The molecule has 6 heteroatoms. The first-order valence-corrected chi connectivity index (χ1v) is 5.02. The lowest BCUT2D eigenvalue weighted by Gasteiger charge is -2.16. The van der Waals surface area contributed by atoms with Crippen LogP contribution in [-0.4, -0.2) is 50.6 Å². The molecule has 1 amide bonds. The highest BCUT2D eigenvalue weighted by molar-refractivity contribution is 7.76. The third kappa shape index (κ3) is 1.52. The van der Waals surface area contributed by atoms with Crippen LogP contribution in [0.1, 0.15) is 0 Å². The summed E-state index contributed by atoms with van der Waals surface area (Å²) in [6, 6.07) is 0. The topological polar surface area (TPSA) is 60.9 Å². The Balaban J connectivity index is 2.01. The molecule has 0 saturated carbocycles. The van der Waals surface area contributed by atoms with Gasteiger partial charge in [-0.15, -0.1) is 0 Å². The summed E-state index contributed by atoms with van der Waals surface area (Å²) in [7, 11) is 0. The van der Waals surface area contributed by atoms with Crippen molar-refractivity contribution in [2.24, 2.45) is 0 Å². The zero-order chi connectivity index (χ0) is 9.42. The SMILES string of the molecule is O=CN1CC2=C(C1)CN(S(=O)O)C2. The number of hydrogen-bond donors (Lipinski definition) is 1. The Morgan fingerprint density at radius 1 is 1.23 bits per heavy atom. The Kier molecular flexibility index (Phi) is 2.19. The molecule has 0 spiro atoms. The fourth-order valence-corrected chi connectivity index (χ4v) is 2.29. The second kappa shape index (κ2) is 3.21. The molecule has 2 heterocycles. The Hall–Kier alpha value is -0.720. The van der Waals surface area contributed by atoms with Gasteiger partial charge in [-0.2, -0.15) is 4.31 Å². The highest BCUT2D eigenvalue weighted by atomic mass is 32.2. The van der Waals surface area contributed by atoms with Gasteiger partial charge < -0.3 is 4.90 Å². The minimum atomic E-state index is -1.88. The van der Waals surface area contributed by atoms with Crippen molar-refractivity contribution >= 4 is 17.7 Å². The number of hydrogen-bond acceptors (Lipinski definition) is 2. The van der Waals surface area contributed by atoms with E-state index in [1.807, 2.05) is 0 Å². The van der Waals surface area contributed by atoms with Gasteiger partial charge in [0.05, 0.1) is 0 Å². The van der Waals surface area contributed by atoms with E-state index in [1.165, 1.54) is 4.31 Å². The molecule has 0 aromatic rings. The lowest BCUT2D eigenvalue weighted by Crippen LogP contribution is -2.30. The first-order valence-electron chi connectivity index (χ1n) is 3.95. The maximum atomic E-state index is 10.7. The number of rotatable bonds is 2. The summed E-state index contributed by atoms with van der Waals surface area (Å²) < 4.78 is 21.0. The molecule has 0 bridgehead atoms. The van der Waals surface area contributed by atoms with E-state index in [2.05, 4.69) is 0 Å². The molecule has 0 fully saturated rings. The molecule has 13 heavy (non-hydrogen) atoms. The number of carbonyl (C=O) groups excluding carboxylic acids is 1. The van der Waals surface area contributed by atoms with Crippen molar-refractivity contribution in [2.75, 3.05) is 26.2 Å². The highest BCUT2D eigenvalue weighted by Crippen LogP contribution is 2.24.